The standard InChI is InChI=1S/C13H14O4/c14-6-10-4-12-13(17-8-16-12)5-11(10)15-7-9-2-1-3-9/h4-6,9H,1-3,7-8H2. The molecule has 4 heteroatoms. The normalized spacial score (nSPS) is 17.6. The van der Waals surface area contributed by atoms with E-state index in [1.54, 1.807) is 12.1 Å². The molecule has 1 fully saturated rings. The van der Waals surface area contributed by atoms with E-state index in [1.165, 1.54) is 19.3 Å². The van der Waals surface area contributed by atoms with Gasteiger partial charge in [0.2, 0.25) is 6.79 Å². The van der Waals surface area contributed by atoms with E-state index in [0.717, 1.165) is 6.29 Å². The fourth-order valence-electron chi connectivity index (χ4n) is 2.02. The third kappa shape index (κ3) is 1.95. The van der Waals surface area contributed by atoms with Crippen LogP contribution < -0.4 is 14.2 Å². The Morgan fingerprint density at radius 3 is 2.71 bits per heavy atom. The van der Waals surface area contributed by atoms with Crippen LogP contribution in [-0.2, 0) is 0 Å². The Labute approximate surface area is 99.5 Å². The summed E-state index contributed by atoms with van der Waals surface area (Å²) < 4.78 is 16.2. The van der Waals surface area contributed by atoms with Crippen LogP contribution in [0.4, 0.5) is 0 Å². The molecule has 0 saturated heterocycles. The quantitative estimate of drug-likeness (QED) is 0.750. The Bertz CT molecular complexity index is 437. The van der Waals surface area contributed by atoms with Gasteiger partial charge in [-0.05, 0) is 24.8 Å². The molecule has 1 aromatic rings. The molecule has 90 valence electrons. The monoisotopic (exact) mass is 234 g/mol. The second-order valence-corrected chi connectivity index (χ2v) is 4.47. The smallest absolute Gasteiger partial charge is 0.231 e. The number of rotatable bonds is 4. The Balaban J connectivity index is 1.78. The van der Waals surface area contributed by atoms with Gasteiger partial charge < -0.3 is 14.2 Å². The van der Waals surface area contributed by atoms with Crippen LogP contribution in [0.25, 0.3) is 0 Å². The number of carbonyl (C=O) groups is 1. The zero-order chi connectivity index (χ0) is 11.7. The molecule has 17 heavy (non-hydrogen) atoms. The molecule has 0 aromatic heterocycles. The topological polar surface area (TPSA) is 44.8 Å². The van der Waals surface area contributed by atoms with Crippen LogP contribution in [-0.4, -0.2) is 19.7 Å². The summed E-state index contributed by atoms with van der Waals surface area (Å²) in [6.45, 7) is 0.889. The average Bonchev–Trinajstić information content (AvgIpc) is 2.72. The lowest BCUT2D eigenvalue weighted by Crippen LogP contribution is -2.19. The largest absolute Gasteiger partial charge is 0.492 e. The predicted octanol–water partition coefficient (Wildman–Crippen LogP) is 2.41. The molecule has 0 bridgehead atoms. The molecular weight excluding hydrogens is 220 g/mol. The van der Waals surface area contributed by atoms with E-state index in [1.807, 2.05) is 0 Å². The van der Waals surface area contributed by atoms with Crippen molar-refractivity contribution < 1.29 is 19.0 Å². The highest BCUT2D eigenvalue weighted by Gasteiger charge is 2.21. The summed E-state index contributed by atoms with van der Waals surface area (Å²) >= 11 is 0. The second-order valence-electron chi connectivity index (χ2n) is 4.47. The number of fused-ring (bicyclic) bond motifs is 1. The summed E-state index contributed by atoms with van der Waals surface area (Å²) in [4.78, 5) is 11.0. The lowest BCUT2D eigenvalue weighted by Gasteiger charge is -2.25. The third-order valence-corrected chi connectivity index (χ3v) is 3.33. The van der Waals surface area contributed by atoms with Crippen molar-refractivity contribution in [2.75, 3.05) is 13.4 Å². The van der Waals surface area contributed by atoms with Gasteiger partial charge in [0, 0.05) is 6.07 Å². The second kappa shape index (κ2) is 4.28. The summed E-state index contributed by atoms with van der Waals surface area (Å²) in [6.07, 6.45) is 4.52. The van der Waals surface area contributed by atoms with Gasteiger partial charge in [0.25, 0.3) is 0 Å². The summed E-state index contributed by atoms with van der Waals surface area (Å²) in [5, 5.41) is 0. The summed E-state index contributed by atoms with van der Waals surface area (Å²) in [6, 6.07) is 3.41. The van der Waals surface area contributed by atoms with Crippen LogP contribution in [0.1, 0.15) is 29.6 Å². The summed E-state index contributed by atoms with van der Waals surface area (Å²) in [5.41, 5.74) is 0.522. The number of carbonyl (C=O) groups excluding carboxylic acids is 1. The van der Waals surface area contributed by atoms with Gasteiger partial charge in [-0.15, -0.1) is 0 Å². The Morgan fingerprint density at radius 2 is 2.06 bits per heavy atom. The minimum atomic E-state index is 0.208. The van der Waals surface area contributed by atoms with Gasteiger partial charge in [-0.1, -0.05) is 6.42 Å². The Morgan fingerprint density at radius 1 is 1.29 bits per heavy atom. The molecule has 3 rings (SSSR count). The minimum absolute atomic E-state index is 0.208. The fourth-order valence-corrected chi connectivity index (χ4v) is 2.02. The molecule has 0 radical (unpaired) electrons. The fraction of sp³-hybridized carbons (Fsp3) is 0.462. The molecule has 1 saturated carbocycles. The van der Waals surface area contributed by atoms with Crippen molar-refractivity contribution in [3.8, 4) is 17.2 Å². The van der Waals surface area contributed by atoms with Gasteiger partial charge in [0.15, 0.2) is 17.8 Å². The lowest BCUT2D eigenvalue weighted by molar-refractivity contribution is 0.111. The van der Waals surface area contributed by atoms with Gasteiger partial charge in [-0.25, -0.2) is 0 Å². The lowest BCUT2D eigenvalue weighted by atomic mass is 9.86. The SMILES string of the molecule is O=Cc1cc2c(cc1OCC1CCC1)OCO2. The van der Waals surface area contributed by atoms with Gasteiger partial charge in [-0.3, -0.25) is 4.79 Å². The number of ether oxygens (including phenoxy) is 3. The highest BCUT2D eigenvalue weighted by atomic mass is 16.7. The zero-order valence-electron chi connectivity index (χ0n) is 9.48. The first-order chi connectivity index (χ1) is 8.36. The first-order valence-electron chi connectivity index (χ1n) is 5.88. The van der Waals surface area contributed by atoms with E-state index in [-0.39, 0.29) is 6.79 Å². The molecule has 0 amide bonds. The minimum Gasteiger partial charge on any atom is -0.492 e. The van der Waals surface area contributed by atoms with E-state index in [9.17, 15) is 4.79 Å². The van der Waals surface area contributed by atoms with Crippen LogP contribution in [0.15, 0.2) is 12.1 Å². The number of aldehydes is 1. The molecule has 0 N–H and O–H groups in total. The maximum Gasteiger partial charge on any atom is 0.231 e. The first kappa shape index (κ1) is 10.4. The van der Waals surface area contributed by atoms with Crippen molar-refractivity contribution in [2.45, 2.75) is 19.3 Å². The van der Waals surface area contributed by atoms with Crippen molar-refractivity contribution in [2.24, 2.45) is 5.92 Å². The molecule has 1 aromatic carbocycles. The van der Waals surface area contributed by atoms with E-state index in [0.29, 0.717) is 35.3 Å². The van der Waals surface area contributed by atoms with Crippen LogP contribution >= 0.6 is 0 Å². The van der Waals surface area contributed by atoms with Crippen molar-refractivity contribution >= 4 is 6.29 Å². The van der Waals surface area contributed by atoms with Gasteiger partial charge >= 0.3 is 0 Å². The summed E-state index contributed by atoms with van der Waals surface area (Å²) in [5.74, 6) is 2.50. The Kier molecular flexibility index (Phi) is 2.63. The molecule has 1 aliphatic carbocycles. The molecular formula is C13H14O4. The van der Waals surface area contributed by atoms with E-state index in [4.69, 9.17) is 14.2 Å². The van der Waals surface area contributed by atoms with Crippen molar-refractivity contribution in [3.05, 3.63) is 17.7 Å². The maximum absolute atomic E-state index is 11.0. The number of benzene rings is 1. The van der Waals surface area contributed by atoms with Gasteiger partial charge in [0.1, 0.15) is 5.75 Å². The van der Waals surface area contributed by atoms with Crippen molar-refractivity contribution in [1.82, 2.24) is 0 Å². The molecule has 0 atom stereocenters. The van der Waals surface area contributed by atoms with Crippen LogP contribution in [0.3, 0.4) is 0 Å². The molecule has 1 aliphatic heterocycles. The van der Waals surface area contributed by atoms with Gasteiger partial charge in [-0.2, -0.15) is 0 Å². The van der Waals surface area contributed by atoms with Crippen molar-refractivity contribution in [1.29, 1.82) is 0 Å². The molecule has 1 heterocycles. The number of hydrogen-bond donors (Lipinski definition) is 0. The summed E-state index contributed by atoms with van der Waals surface area (Å²) in [7, 11) is 0. The van der Waals surface area contributed by atoms with E-state index >= 15 is 0 Å². The first-order valence-corrected chi connectivity index (χ1v) is 5.88. The molecule has 2 aliphatic rings. The van der Waals surface area contributed by atoms with Crippen LogP contribution in [0.2, 0.25) is 0 Å². The van der Waals surface area contributed by atoms with Crippen LogP contribution in [0, 0.1) is 5.92 Å². The van der Waals surface area contributed by atoms with E-state index in [2.05, 4.69) is 0 Å². The molecule has 4 nitrogen and oxygen atoms in total. The highest BCUT2D eigenvalue weighted by Crippen LogP contribution is 2.38. The third-order valence-electron chi connectivity index (χ3n) is 3.33. The zero-order valence-corrected chi connectivity index (χ0v) is 9.48. The maximum atomic E-state index is 11.0. The molecule has 0 unspecified atom stereocenters. The highest BCUT2D eigenvalue weighted by molar-refractivity contribution is 5.81. The average molecular weight is 234 g/mol. The predicted molar refractivity (Wildman–Crippen MR) is 60.8 cm³/mol. The van der Waals surface area contributed by atoms with Crippen LogP contribution in [0.5, 0.6) is 17.2 Å². The van der Waals surface area contributed by atoms with Crippen molar-refractivity contribution in [3.63, 3.8) is 0 Å². The van der Waals surface area contributed by atoms with E-state index < -0.39 is 0 Å². The Hall–Kier alpha value is -1.71. The molecule has 0 spiro atoms. The van der Waals surface area contributed by atoms with Gasteiger partial charge in [0.05, 0.1) is 12.2 Å². The number of hydrogen-bond acceptors (Lipinski definition) is 4.